The molecule has 1 saturated carbocycles. The Morgan fingerprint density at radius 2 is 1.78 bits per heavy atom. The summed E-state index contributed by atoms with van der Waals surface area (Å²) in [5.74, 6) is -1.53. The van der Waals surface area contributed by atoms with Gasteiger partial charge in [0.1, 0.15) is 5.82 Å². The van der Waals surface area contributed by atoms with Crippen LogP contribution in [-0.4, -0.2) is 37.6 Å². The first-order valence-electron chi connectivity index (χ1n) is 9.33. The highest BCUT2D eigenvalue weighted by atomic mass is 19.1. The molecule has 0 saturated heterocycles. The zero-order chi connectivity index (χ0) is 19.7. The monoisotopic (exact) mass is 379 g/mol. The highest BCUT2D eigenvalue weighted by Gasteiger charge is 2.44. The van der Waals surface area contributed by atoms with E-state index >= 15 is 0 Å². The number of hydrogen-bond donors (Lipinski definition) is 1. The molecule has 1 amide bonds. The Bertz CT molecular complexity index is 653. The lowest BCUT2D eigenvalue weighted by atomic mass is 9.79. The highest BCUT2D eigenvalue weighted by Crippen LogP contribution is 2.42. The second-order valence-electron chi connectivity index (χ2n) is 6.63. The van der Waals surface area contributed by atoms with Crippen LogP contribution in [0.4, 0.5) is 4.39 Å². The number of halogens is 1. The third-order valence-electron chi connectivity index (χ3n) is 4.76. The number of ether oxygens (including phenoxy) is 2. The normalized spacial score (nSPS) is 15.2. The summed E-state index contributed by atoms with van der Waals surface area (Å²) in [5.41, 5.74) is -0.0843. The van der Waals surface area contributed by atoms with Gasteiger partial charge in [-0.2, -0.15) is 0 Å². The summed E-state index contributed by atoms with van der Waals surface area (Å²) in [6, 6.07) is 5.88. The largest absolute Gasteiger partial charge is 0.466 e. The van der Waals surface area contributed by atoms with E-state index in [0.717, 1.165) is 18.4 Å². The fraction of sp³-hybridized carbons (Fsp3) is 0.550. The number of hydrogen-bond acceptors (Lipinski definition) is 5. The lowest BCUT2D eigenvalue weighted by Crippen LogP contribution is -2.38. The quantitative estimate of drug-likeness (QED) is 0.527. The van der Waals surface area contributed by atoms with Gasteiger partial charge in [-0.05, 0) is 43.9 Å². The van der Waals surface area contributed by atoms with Crippen LogP contribution in [0.1, 0.15) is 51.0 Å². The maximum Gasteiger partial charge on any atom is 0.317 e. The molecule has 0 unspecified atom stereocenters. The van der Waals surface area contributed by atoms with Gasteiger partial charge in [-0.25, -0.2) is 4.39 Å². The zero-order valence-corrected chi connectivity index (χ0v) is 15.6. The third kappa shape index (κ3) is 5.77. The Morgan fingerprint density at radius 1 is 1.11 bits per heavy atom. The highest BCUT2D eigenvalue weighted by molar-refractivity contribution is 5.86. The second kappa shape index (κ2) is 10.0. The number of esters is 2. The molecule has 1 aromatic carbocycles. The molecule has 0 heterocycles. The van der Waals surface area contributed by atoms with Crippen LogP contribution in [0, 0.1) is 5.82 Å². The van der Waals surface area contributed by atoms with Crippen LogP contribution in [-0.2, 0) is 29.3 Å². The summed E-state index contributed by atoms with van der Waals surface area (Å²) in [4.78, 5) is 35.8. The van der Waals surface area contributed by atoms with Gasteiger partial charge in [0.2, 0.25) is 0 Å². The van der Waals surface area contributed by atoms with Crippen molar-refractivity contribution in [1.29, 1.82) is 0 Å². The Morgan fingerprint density at radius 3 is 2.41 bits per heavy atom. The van der Waals surface area contributed by atoms with Crippen LogP contribution in [0.2, 0.25) is 0 Å². The molecular weight excluding hydrogens is 353 g/mol. The Balaban J connectivity index is 1.81. The molecule has 0 aromatic heterocycles. The van der Waals surface area contributed by atoms with Crippen molar-refractivity contribution in [3.05, 3.63) is 35.6 Å². The smallest absolute Gasteiger partial charge is 0.317 e. The predicted octanol–water partition coefficient (Wildman–Crippen LogP) is 2.64. The number of rotatable bonds is 9. The first kappa shape index (κ1) is 20.9. The van der Waals surface area contributed by atoms with Crippen molar-refractivity contribution in [3.8, 4) is 0 Å². The minimum Gasteiger partial charge on any atom is -0.466 e. The van der Waals surface area contributed by atoms with Crippen LogP contribution < -0.4 is 5.32 Å². The van der Waals surface area contributed by atoms with E-state index in [2.05, 4.69) is 5.32 Å². The Kier molecular flexibility index (Phi) is 7.76. The van der Waals surface area contributed by atoms with E-state index in [0.29, 0.717) is 32.4 Å². The molecule has 1 fully saturated rings. The summed E-state index contributed by atoms with van der Waals surface area (Å²) in [6.45, 7) is 1.99. The third-order valence-corrected chi connectivity index (χ3v) is 4.76. The van der Waals surface area contributed by atoms with Crippen LogP contribution in [0.25, 0.3) is 0 Å². The van der Waals surface area contributed by atoms with E-state index in [9.17, 15) is 18.8 Å². The average Bonchev–Trinajstić information content (AvgIpc) is 3.15. The zero-order valence-electron chi connectivity index (χ0n) is 15.6. The summed E-state index contributed by atoms with van der Waals surface area (Å²) >= 11 is 0. The maximum atomic E-state index is 13.2. The van der Waals surface area contributed by atoms with Gasteiger partial charge in [0, 0.05) is 13.0 Å². The molecule has 1 aromatic rings. The second-order valence-corrected chi connectivity index (χ2v) is 6.63. The van der Waals surface area contributed by atoms with E-state index in [1.165, 1.54) is 12.1 Å². The molecular formula is C20H26FNO5. The standard InChI is InChI=1S/C20H26FNO5/c1-2-26-18(24)6-5-13-22-17(23)14-27-19(25)20(11-3-4-12-20)15-7-9-16(21)10-8-15/h7-10H,2-6,11-14H2,1H3,(H,22,23). The fourth-order valence-corrected chi connectivity index (χ4v) is 3.37. The topological polar surface area (TPSA) is 81.7 Å². The van der Waals surface area contributed by atoms with Gasteiger partial charge in [0.05, 0.1) is 12.0 Å². The minimum atomic E-state index is -0.808. The van der Waals surface area contributed by atoms with E-state index < -0.39 is 17.3 Å². The van der Waals surface area contributed by atoms with Crippen molar-refractivity contribution in [1.82, 2.24) is 5.32 Å². The van der Waals surface area contributed by atoms with Crippen LogP contribution in [0.3, 0.4) is 0 Å². The summed E-state index contributed by atoms with van der Waals surface area (Å²) in [7, 11) is 0. The number of amides is 1. The predicted molar refractivity (Wildman–Crippen MR) is 96.4 cm³/mol. The molecule has 2 rings (SSSR count). The molecule has 0 spiro atoms. The van der Waals surface area contributed by atoms with Gasteiger partial charge in [0.15, 0.2) is 6.61 Å². The van der Waals surface area contributed by atoms with Crippen molar-refractivity contribution >= 4 is 17.8 Å². The maximum absolute atomic E-state index is 13.2. The molecule has 0 atom stereocenters. The SMILES string of the molecule is CCOC(=O)CCCNC(=O)COC(=O)C1(c2ccc(F)cc2)CCCC1. The lowest BCUT2D eigenvalue weighted by Gasteiger charge is -2.27. The molecule has 27 heavy (non-hydrogen) atoms. The van der Waals surface area contributed by atoms with E-state index in [1.807, 2.05) is 0 Å². The van der Waals surface area contributed by atoms with Gasteiger partial charge in [-0.1, -0.05) is 25.0 Å². The molecule has 0 radical (unpaired) electrons. The number of carbonyl (C=O) groups is 3. The van der Waals surface area contributed by atoms with Crippen molar-refractivity contribution < 1.29 is 28.2 Å². The lowest BCUT2D eigenvalue weighted by molar-refractivity contribution is -0.154. The molecule has 7 heteroatoms. The van der Waals surface area contributed by atoms with Crippen LogP contribution in [0.15, 0.2) is 24.3 Å². The number of carbonyl (C=O) groups excluding carboxylic acids is 3. The average molecular weight is 379 g/mol. The first-order chi connectivity index (χ1) is 13.0. The van der Waals surface area contributed by atoms with Crippen molar-refractivity contribution in [2.45, 2.75) is 50.9 Å². The first-order valence-corrected chi connectivity index (χ1v) is 9.33. The van der Waals surface area contributed by atoms with E-state index in [-0.39, 0.29) is 24.8 Å². The molecule has 0 aliphatic heterocycles. The van der Waals surface area contributed by atoms with Gasteiger partial charge in [-0.15, -0.1) is 0 Å². The Hall–Kier alpha value is -2.44. The fourth-order valence-electron chi connectivity index (χ4n) is 3.37. The summed E-state index contributed by atoms with van der Waals surface area (Å²) < 4.78 is 23.3. The molecule has 0 bridgehead atoms. The molecule has 1 aliphatic rings. The molecule has 1 aliphatic carbocycles. The van der Waals surface area contributed by atoms with Crippen molar-refractivity contribution in [3.63, 3.8) is 0 Å². The number of benzene rings is 1. The Labute approximate surface area is 158 Å². The molecule has 6 nitrogen and oxygen atoms in total. The van der Waals surface area contributed by atoms with Gasteiger partial charge >= 0.3 is 11.9 Å². The van der Waals surface area contributed by atoms with Crippen LogP contribution in [0.5, 0.6) is 0 Å². The molecule has 1 N–H and O–H groups in total. The summed E-state index contributed by atoms with van der Waals surface area (Å²) in [5, 5.41) is 2.61. The van der Waals surface area contributed by atoms with Gasteiger partial charge < -0.3 is 14.8 Å². The van der Waals surface area contributed by atoms with Gasteiger partial charge in [-0.3, -0.25) is 14.4 Å². The van der Waals surface area contributed by atoms with Crippen LogP contribution >= 0.6 is 0 Å². The number of nitrogens with one attached hydrogen (secondary N) is 1. The molecule has 148 valence electrons. The van der Waals surface area contributed by atoms with E-state index in [4.69, 9.17) is 9.47 Å². The minimum absolute atomic E-state index is 0.224. The van der Waals surface area contributed by atoms with Crippen molar-refractivity contribution in [2.75, 3.05) is 19.8 Å². The van der Waals surface area contributed by atoms with E-state index in [1.54, 1.807) is 19.1 Å². The summed E-state index contributed by atoms with van der Waals surface area (Å²) in [6.07, 6.45) is 3.69. The van der Waals surface area contributed by atoms with Gasteiger partial charge in [0.25, 0.3) is 5.91 Å². The van der Waals surface area contributed by atoms with Crippen molar-refractivity contribution in [2.24, 2.45) is 0 Å².